The Bertz CT molecular complexity index is 6280. The second-order valence-electron chi connectivity index (χ2n) is 31.8. The zero-order valence-corrected chi connectivity index (χ0v) is 68.0. The average Bonchev–Trinajstić information content (AvgIpc) is 1.51. The van der Waals surface area contributed by atoms with Crippen molar-refractivity contribution in [1.29, 1.82) is 0 Å². The van der Waals surface area contributed by atoms with Crippen molar-refractivity contribution in [3.8, 4) is 66.8 Å². The molecule has 0 radical (unpaired) electrons. The summed E-state index contributed by atoms with van der Waals surface area (Å²) in [5, 5.41) is 5.33. The molecule has 22 rings (SSSR count). The Morgan fingerprint density at radius 1 is 0.171 bits per heavy atom. The van der Waals surface area contributed by atoms with Crippen molar-refractivity contribution in [1.82, 2.24) is 0 Å². The predicted octanol–water partition coefficient (Wildman–Crippen LogP) is 31.3. The maximum absolute atomic E-state index is 2.40. The zero-order valence-electron chi connectivity index (χ0n) is 68.0. The minimum atomic E-state index is -0.263. The van der Waals surface area contributed by atoms with Gasteiger partial charge in [0, 0.05) is 5.41 Å². The fourth-order valence-electron chi connectivity index (χ4n) is 18.3. The summed E-state index contributed by atoms with van der Waals surface area (Å²) in [6, 6.07) is 155. The molecule has 0 saturated carbocycles. The highest BCUT2D eigenvalue weighted by Crippen LogP contribution is 2.63. The fraction of sp³-hybridized carbons (Fsp3) is 0.111. The van der Waals surface area contributed by atoms with E-state index in [9.17, 15) is 0 Å². The second kappa shape index (κ2) is 34.7. The van der Waals surface area contributed by atoms with E-state index in [1.54, 1.807) is 0 Å². The first-order valence-electron chi connectivity index (χ1n) is 40.8. The Morgan fingerprint density at radius 2 is 0.487 bits per heavy atom. The molecule has 18 aromatic carbocycles. The number of hydrogen-bond acceptors (Lipinski definition) is 0. The Hall–Kier alpha value is -13.5. The average molecular weight is 1510 g/mol. The van der Waals surface area contributed by atoms with Gasteiger partial charge in [0.25, 0.3) is 0 Å². The highest BCUT2D eigenvalue weighted by Gasteiger charge is 2.52. The third-order valence-corrected chi connectivity index (χ3v) is 23.8. The summed E-state index contributed by atoms with van der Waals surface area (Å²) >= 11 is 0. The topological polar surface area (TPSA) is 0 Å². The van der Waals surface area contributed by atoms with Gasteiger partial charge in [0.15, 0.2) is 0 Å². The van der Waals surface area contributed by atoms with Gasteiger partial charge >= 0.3 is 0 Å². The van der Waals surface area contributed by atoms with E-state index in [4.69, 9.17) is 0 Å². The molecule has 570 valence electrons. The smallest absolute Gasteiger partial charge is 0.0725 e. The van der Waals surface area contributed by atoms with Crippen molar-refractivity contribution in [2.24, 2.45) is 0 Å². The lowest BCUT2D eigenvalue weighted by atomic mass is 9.67. The number of rotatable bonds is 4. The van der Waals surface area contributed by atoms with Gasteiger partial charge in [0.1, 0.15) is 0 Å². The molecule has 0 aliphatic heterocycles. The minimum Gasteiger partial charge on any atom is -0.0776 e. The van der Waals surface area contributed by atoms with Gasteiger partial charge in [-0.25, -0.2) is 0 Å². The zero-order chi connectivity index (χ0) is 79.8. The lowest BCUT2D eigenvalue weighted by Gasteiger charge is -2.34. The molecule has 18 aromatic rings. The van der Waals surface area contributed by atoms with E-state index < -0.39 is 0 Å². The summed E-state index contributed by atoms with van der Waals surface area (Å²) in [4.78, 5) is 0. The molecule has 4 aliphatic carbocycles. The van der Waals surface area contributed by atoms with E-state index in [0.717, 1.165) is 0 Å². The quantitative estimate of drug-likeness (QED) is 0.165. The van der Waals surface area contributed by atoms with Crippen LogP contribution in [0.4, 0.5) is 0 Å². The van der Waals surface area contributed by atoms with Gasteiger partial charge in [-0.15, -0.1) is 0 Å². The maximum Gasteiger partial charge on any atom is 0.0725 e. The van der Waals surface area contributed by atoms with Crippen molar-refractivity contribution >= 4 is 21.5 Å². The molecular weight excluding hydrogens is 1410 g/mol. The molecule has 0 atom stereocenters. The van der Waals surface area contributed by atoms with Crippen LogP contribution in [-0.4, -0.2) is 0 Å². The van der Waals surface area contributed by atoms with Gasteiger partial charge in [-0.05, 0) is 204 Å². The molecule has 0 N–H and O–H groups in total. The summed E-state index contributed by atoms with van der Waals surface area (Å²) in [5.41, 5.74) is 39.1. The Morgan fingerprint density at radius 3 is 0.983 bits per heavy atom. The van der Waals surface area contributed by atoms with Crippen LogP contribution >= 0.6 is 0 Å². The summed E-state index contributed by atoms with van der Waals surface area (Å²) in [6.07, 6.45) is 0. The van der Waals surface area contributed by atoms with Crippen molar-refractivity contribution in [3.05, 3.63) is 525 Å². The van der Waals surface area contributed by atoms with Crippen molar-refractivity contribution in [2.75, 3.05) is 0 Å². The molecular formula is C117H102. The van der Waals surface area contributed by atoms with Crippen LogP contribution in [0.25, 0.3) is 88.3 Å². The van der Waals surface area contributed by atoms with Crippen LogP contribution in [0.5, 0.6) is 0 Å². The van der Waals surface area contributed by atoms with E-state index in [-0.39, 0.29) is 23.7 Å². The van der Waals surface area contributed by atoms with Crippen LogP contribution < -0.4 is 0 Å². The molecule has 0 unspecified atom stereocenters. The highest BCUT2D eigenvalue weighted by molar-refractivity contribution is 5.96. The van der Waals surface area contributed by atoms with Crippen molar-refractivity contribution in [2.45, 2.75) is 86.0 Å². The molecule has 0 aromatic heterocycles. The van der Waals surface area contributed by atoms with Crippen LogP contribution in [0.3, 0.4) is 0 Å². The molecule has 4 aliphatic rings. The first kappa shape index (κ1) is 78.7. The van der Waals surface area contributed by atoms with Gasteiger partial charge in [0.2, 0.25) is 0 Å². The van der Waals surface area contributed by atoms with Gasteiger partial charge in [0.05, 0.1) is 10.8 Å². The molecule has 0 amide bonds. The number of aryl methyl sites for hydroxylation is 7. The van der Waals surface area contributed by atoms with E-state index in [1.807, 2.05) is 12.1 Å². The number of hydrogen-bond donors (Lipinski definition) is 0. The monoisotopic (exact) mass is 1510 g/mol. The van der Waals surface area contributed by atoms with Crippen LogP contribution in [-0.2, 0) is 16.2 Å². The third kappa shape index (κ3) is 15.5. The lowest BCUT2D eigenvalue weighted by Crippen LogP contribution is -2.28. The number of benzene rings is 18. The third-order valence-electron chi connectivity index (χ3n) is 23.8. The molecule has 0 fully saturated rings. The van der Waals surface area contributed by atoms with Crippen molar-refractivity contribution in [3.63, 3.8) is 0 Å². The lowest BCUT2D eigenvalue weighted by molar-refractivity contribution is 0.660. The SMILES string of the molecule is C.Cc1ccc2c(c1)C(C)(C)c1ccccc1-2.Cc1ccc2c(c1)C(c1ccccc1)(c1ccccc1)c1ccccc1-2.Cc1ccc2c(c1)C1(c3ccccc3-c3ccccc31)c1ccccc1-2.Cc1ccc2ccccc2c1.Cc1cccc(-c2ccccc2)c1.Cc1cccc2ccccc12.Cc1ccccc1-c1ccccc1. The van der Waals surface area contributed by atoms with Gasteiger partial charge < -0.3 is 0 Å². The van der Waals surface area contributed by atoms with Gasteiger partial charge in [-0.3, -0.25) is 0 Å². The Kier molecular flexibility index (Phi) is 23.3. The largest absolute Gasteiger partial charge is 0.0776 e. The van der Waals surface area contributed by atoms with E-state index in [0.29, 0.717) is 0 Å². The molecule has 0 nitrogen and oxygen atoms in total. The summed E-state index contributed by atoms with van der Waals surface area (Å²) in [7, 11) is 0. The predicted molar refractivity (Wildman–Crippen MR) is 502 cm³/mol. The highest BCUT2D eigenvalue weighted by atomic mass is 14.5. The first-order valence-corrected chi connectivity index (χ1v) is 40.8. The fourth-order valence-corrected chi connectivity index (χ4v) is 18.3. The first-order chi connectivity index (χ1) is 56.7. The van der Waals surface area contributed by atoms with E-state index in [2.05, 4.69) is 481 Å². The molecule has 0 saturated heterocycles. The molecule has 1 spiro atoms. The van der Waals surface area contributed by atoms with E-state index >= 15 is 0 Å². The Balaban J connectivity index is 0.000000110. The van der Waals surface area contributed by atoms with Gasteiger partial charge in [-0.1, -0.05) is 480 Å². The number of fused-ring (bicyclic) bond motifs is 18. The molecule has 0 bridgehead atoms. The maximum atomic E-state index is 2.40. The molecule has 0 heteroatoms. The van der Waals surface area contributed by atoms with Crippen molar-refractivity contribution < 1.29 is 0 Å². The van der Waals surface area contributed by atoms with Crippen LogP contribution in [0, 0.1) is 48.5 Å². The van der Waals surface area contributed by atoms with Crippen LogP contribution in [0.2, 0.25) is 0 Å². The second-order valence-corrected chi connectivity index (χ2v) is 31.8. The van der Waals surface area contributed by atoms with Crippen LogP contribution in [0.15, 0.2) is 431 Å². The van der Waals surface area contributed by atoms with Crippen LogP contribution in [0.1, 0.15) is 116 Å². The summed E-state index contributed by atoms with van der Waals surface area (Å²) in [6.45, 7) is 19.7. The molecule has 117 heavy (non-hydrogen) atoms. The van der Waals surface area contributed by atoms with Gasteiger partial charge in [-0.2, -0.15) is 0 Å². The normalized spacial score (nSPS) is 12.6. The molecule has 0 heterocycles. The Labute approximate surface area is 694 Å². The van der Waals surface area contributed by atoms with E-state index in [1.165, 1.54) is 183 Å². The summed E-state index contributed by atoms with van der Waals surface area (Å²) in [5.74, 6) is 0. The minimum absolute atomic E-state index is 0. The summed E-state index contributed by atoms with van der Waals surface area (Å²) < 4.78 is 0. The standard InChI is InChI=1S/C26H18.C26H20.C16H16.2C13H12.2C11H10.CH4/c1-17-14-15-21-20-10-4-7-13-24(20)26(25(21)16-17)22-11-5-2-8-18(22)19-9-3-6-12-23(19)26;1-19-16-17-23-22-14-8-9-15-24(22)26(25(23)18-19,20-10-4-2-5-11-20)21-12-6-3-7-13-21;1-11-8-9-13-12-6-4-5-7-14(12)16(2,3)15(13)10-11;1-11-7-5-6-10-13(11)12-8-3-2-4-9-12;1-11-6-5-9-13(10-11)12-7-3-2-4-8-12;1-9-5-4-7-10-6-2-3-8-11(9)10;1-9-6-7-10-4-2-3-5-11(10)8-9;/h2-16H,1H3;2-18H,1H3;4-10H,1-3H3;2*2-10H,1H3;2*2-8H,1H3;1H4.